The summed E-state index contributed by atoms with van der Waals surface area (Å²) in [6.07, 6.45) is 0. The molecule has 0 spiro atoms. The number of phenols is 1. The fourth-order valence-corrected chi connectivity index (χ4v) is 2.03. The highest BCUT2D eigenvalue weighted by Crippen LogP contribution is 2.29. The molecule has 0 fully saturated rings. The first-order valence-electron chi connectivity index (χ1n) is 3.76. The lowest BCUT2D eigenvalue weighted by Crippen LogP contribution is -1.85. The van der Waals surface area contributed by atoms with E-state index in [9.17, 15) is 9.50 Å². The number of hydrogen-bond donors (Lipinski definition) is 1. The lowest BCUT2D eigenvalue weighted by atomic mass is 10.1. The number of fused-ring (bicyclic) bond motifs is 1. The Hall–Kier alpha value is -0.840. The SMILES string of the molecule is Oc1cc2ccccc2c(I)c1F. The zero-order valence-corrected chi connectivity index (χ0v) is 8.75. The van der Waals surface area contributed by atoms with Crippen molar-refractivity contribution in [3.8, 4) is 5.75 Å². The van der Waals surface area contributed by atoms with Crippen LogP contribution in [-0.4, -0.2) is 5.11 Å². The zero-order chi connectivity index (χ0) is 9.42. The molecule has 0 aliphatic heterocycles. The summed E-state index contributed by atoms with van der Waals surface area (Å²) in [5, 5.41) is 10.9. The van der Waals surface area contributed by atoms with Crippen molar-refractivity contribution in [2.45, 2.75) is 0 Å². The first-order valence-corrected chi connectivity index (χ1v) is 4.84. The van der Waals surface area contributed by atoms with Gasteiger partial charge in [-0.25, -0.2) is 4.39 Å². The van der Waals surface area contributed by atoms with Crippen LogP contribution in [0.1, 0.15) is 0 Å². The molecule has 0 aliphatic rings. The average Bonchev–Trinajstić information content (AvgIpc) is 2.15. The summed E-state index contributed by atoms with van der Waals surface area (Å²) in [6, 6.07) is 8.82. The van der Waals surface area contributed by atoms with E-state index in [1.165, 1.54) is 6.07 Å². The van der Waals surface area contributed by atoms with Gasteiger partial charge in [-0.1, -0.05) is 24.3 Å². The minimum Gasteiger partial charge on any atom is -0.505 e. The van der Waals surface area contributed by atoms with Crippen LogP contribution in [0.5, 0.6) is 5.75 Å². The third-order valence-electron chi connectivity index (χ3n) is 1.91. The van der Waals surface area contributed by atoms with E-state index in [-0.39, 0.29) is 5.75 Å². The predicted molar refractivity (Wildman–Crippen MR) is 58.3 cm³/mol. The zero-order valence-electron chi connectivity index (χ0n) is 6.59. The first-order chi connectivity index (χ1) is 6.20. The molecule has 66 valence electrons. The maximum Gasteiger partial charge on any atom is 0.178 e. The van der Waals surface area contributed by atoms with Gasteiger partial charge in [0.15, 0.2) is 11.6 Å². The molecule has 0 bridgehead atoms. The Morgan fingerprint density at radius 2 is 1.92 bits per heavy atom. The summed E-state index contributed by atoms with van der Waals surface area (Å²) >= 11 is 1.89. The second-order valence-corrected chi connectivity index (χ2v) is 3.82. The van der Waals surface area contributed by atoms with Crippen LogP contribution in [0.3, 0.4) is 0 Å². The molecule has 0 radical (unpaired) electrons. The van der Waals surface area contributed by atoms with E-state index in [4.69, 9.17) is 0 Å². The van der Waals surface area contributed by atoms with Crippen LogP contribution in [0.4, 0.5) is 4.39 Å². The summed E-state index contributed by atoms with van der Waals surface area (Å²) < 4.78 is 13.7. The molecule has 2 aromatic carbocycles. The number of halogens is 2. The Labute approximate surface area is 88.3 Å². The van der Waals surface area contributed by atoms with Crippen LogP contribution in [-0.2, 0) is 0 Å². The Balaban J connectivity index is 2.94. The van der Waals surface area contributed by atoms with Crippen LogP contribution in [0.25, 0.3) is 10.8 Å². The molecular weight excluding hydrogens is 282 g/mol. The third-order valence-corrected chi connectivity index (χ3v) is 2.96. The highest BCUT2D eigenvalue weighted by atomic mass is 127. The van der Waals surface area contributed by atoms with Crippen LogP contribution >= 0.6 is 22.6 Å². The Morgan fingerprint density at radius 1 is 1.23 bits per heavy atom. The van der Waals surface area contributed by atoms with Crippen molar-refractivity contribution in [1.29, 1.82) is 0 Å². The average molecular weight is 288 g/mol. The molecule has 2 rings (SSSR count). The van der Waals surface area contributed by atoms with Gasteiger partial charge in [-0.3, -0.25) is 0 Å². The second kappa shape index (κ2) is 3.14. The third kappa shape index (κ3) is 1.37. The number of phenolic OH excluding ortho intramolecular Hbond substituents is 1. The molecule has 0 unspecified atom stereocenters. The number of benzene rings is 2. The van der Waals surface area contributed by atoms with Crippen LogP contribution in [0.2, 0.25) is 0 Å². The topological polar surface area (TPSA) is 20.2 Å². The van der Waals surface area contributed by atoms with E-state index < -0.39 is 5.82 Å². The van der Waals surface area contributed by atoms with Crippen molar-refractivity contribution in [2.75, 3.05) is 0 Å². The van der Waals surface area contributed by atoms with Crippen LogP contribution < -0.4 is 0 Å². The van der Waals surface area contributed by atoms with Crippen molar-refractivity contribution < 1.29 is 9.50 Å². The van der Waals surface area contributed by atoms with E-state index in [0.29, 0.717) is 3.57 Å². The quantitative estimate of drug-likeness (QED) is 0.737. The summed E-state index contributed by atoms with van der Waals surface area (Å²) in [6.45, 7) is 0. The fourth-order valence-electron chi connectivity index (χ4n) is 1.26. The molecule has 3 heteroatoms. The summed E-state index contributed by atoms with van der Waals surface area (Å²) in [7, 11) is 0. The summed E-state index contributed by atoms with van der Waals surface area (Å²) in [5.74, 6) is -0.831. The van der Waals surface area contributed by atoms with E-state index in [1.807, 2.05) is 46.9 Å². The smallest absolute Gasteiger partial charge is 0.178 e. The van der Waals surface area contributed by atoms with Gasteiger partial charge in [0.25, 0.3) is 0 Å². The fraction of sp³-hybridized carbons (Fsp3) is 0. The van der Waals surface area contributed by atoms with E-state index in [1.54, 1.807) is 0 Å². The molecule has 0 atom stereocenters. The van der Waals surface area contributed by atoms with Gasteiger partial charge in [0, 0.05) is 0 Å². The van der Waals surface area contributed by atoms with Crippen LogP contribution in [0, 0.1) is 9.39 Å². The standard InChI is InChI=1S/C10H6FIO/c11-9-8(13)5-6-3-1-2-4-7(6)10(9)12/h1-5,13H. The van der Waals surface area contributed by atoms with Crippen LogP contribution in [0.15, 0.2) is 30.3 Å². The first kappa shape index (κ1) is 8.74. The molecule has 0 heterocycles. The largest absolute Gasteiger partial charge is 0.505 e. The van der Waals surface area contributed by atoms with Gasteiger partial charge in [-0.2, -0.15) is 0 Å². The molecule has 2 aromatic rings. The molecule has 0 saturated carbocycles. The minimum absolute atomic E-state index is 0.289. The highest BCUT2D eigenvalue weighted by Gasteiger charge is 2.09. The molecule has 1 nitrogen and oxygen atoms in total. The number of rotatable bonds is 0. The van der Waals surface area contributed by atoms with Gasteiger partial charge < -0.3 is 5.11 Å². The molecule has 0 amide bonds. The van der Waals surface area contributed by atoms with Crippen molar-refractivity contribution in [3.05, 3.63) is 39.7 Å². The number of hydrogen-bond acceptors (Lipinski definition) is 1. The van der Waals surface area contributed by atoms with Crippen molar-refractivity contribution in [3.63, 3.8) is 0 Å². The molecule has 13 heavy (non-hydrogen) atoms. The monoisotopic (exact) mass is 288 g/mol. The maximum absolute atomic E-state index is 13.2. The van der Waals surface area contributed by atoms with E-state index in [0.717, 1.165) is 10.8 Å². The molecule has 0 aliphatic carbocycles. The Kier molecular flexibility index (Phi) is 2.11. The van der Waals surface area contributed by atoms with Gasteiger partial charge in [-0.05, 0) is 39.4 Å². The van der Waals surface area contributed by atoms with Crippen molar-refractivity contribution in [2.24, 2.45) is 0 Å². The van der Waals surface area contributed by atoms with Crippen molar-refractivity contribution >= 4 is 33.4 Å². The molecule has 0 saturated heterocycles. The van der Waals surface area contributed by atoms with Gasteiger partial charge in [0.2, 0.25) is 0 Å². The lowest BCUT2D eigenvalue weighted by molar-refractivity contribution is 0.431. The predicted octanol–water partition coefficient (Wildman–Crippen LogP) is 3.29. The number of aromatic hydroxyl groups is 1. The van der Waals surface area contributed by atoms with Crippen molar-refractivity contribution in [1.82, 2.24) is 0 Å². The van der Waals surface area contributed by atoms with Gasteiger partial charge in [0.1, 0.15) is 0 Å². The molecular formula is C10H6FIO. The summed E-state index contributed by atoms with van der Waals surface area (Å²) in [5.41, 5.74) is 0. The van der Waals surface area contributed by atoms with Gasteiger partial charge in [0.05, 0.1) is 3.57 Å². The highest BCUT2D eigenvalue weighted by molar-refractivity contribution is 14.1. The Bertz CT molecular complexity index is 468. The minimum atomic E-state index is -0.542. The van der Waals surface area contributed by atoms with E-state index in [2.05, 4.69) is 0 Å². The lowest BCUT2D eigenvalue weighted by Gasteiger charge is -2.03. The normalized spacial score (nSPS) is 10.6. The van der Waals surface area contributed by atoms with E-state index >= 15 is 0 Å². The van der Waals surface area contributed by atoms with Gasteiger partial charge in [-0.15, -0.1) is 0 Å². The molecule has 0 aromatic heterocycles. The molecule has 1 N–H and O–H groups in total. The Morgan fingerprint density at radius 3 is 2.69 bits per heavy atom. The maximum atomic E-state index is 13.2. The second-order valence-electron chi connectivity index (χ2n) is 2.74. The van der Waals surface area contributed by atoms with Gasteiger partial charge >= 0.3 is 0 Å². The summed E-state index contributed by atoms with van der Waals surface area (Å²) in [4.78, 5) is 0.